The number of thiocarbonyl (C=S) groups is 1. The van der Waals surface area contributed by atoms with Gasteiger partial charge in [0.05, 0.1) is 17.8 Å². The number of anilines is 1. The van der Waals surface area contributed by atoms with E-state index in [4.69, 9.17) is 18.0 Å². The predicted octanol–water partition coefficient (Wildman–Crippen LogP) is 2.43. The van der Waals surface area contributed by atoms with E-state index in [1.165, 1.54) is 4.88 Å². The molecule has 0 spiro atoms. The standard InChI is InChI=1S/C13H16N4S2/c1-8-9(2)15-16-13(11(8)12(14)18)17(3)7-10-5-4-6-19-10/h4-6H,7H2,1-3H3,(H2,14,18). The van der Waals surface area contributed by atoms with Crippen molar-refractivity contribution in [3.63, 3.8) is 0 Å². The highest BCUT2D eigenvalue weighted by molar-refractivity contribution is 7.80. The molecule has 0 radical (unpaired) electrons. The Kier molecular flexibility index (Phi) is 4.11. The average molecular weight is 292 g/mol. The number of nitrogens with two attached hydrogens (primary N) is 1. The molecule has 0 aromatic carbocycles. The number of hydrogen-bond acceptors (Lipinski definition) is 5. The third-order valence-electron chi connectivity index (χ3n) is 3.02. The van der Waals surface area contributed by atoms with E-state index >= 15 is 0 Å². The van der Waals surface area contributed by atoms with E-state index in [9.17, 15) is 0 Å². The highest BCUT2D eigenvalue weighted by Gasteiger charge is 2.17. The van der Waals surface area contributed by atoms with E-state index in [0.717, 1.165) is 29.2 Å². The van der Waals surface area contributed by atoms with Gasteiger partial charge in [-0.15, -0.1) is 16.4 Å². The molecule has 0 bridgehead atoms. The summed E-state index contributed by atoms with van der Waals surface area (Å²) in [7, 11) is 1.97. The Hall–Kier alpha value is -1.53. The minimum Gasteiger partial charge on any atom is -0.389 e. The molecule has 2 aromatic heterocycles. The first-order chi connectivity index (χ1) is 9.00. The van der Waals surface area contributed by atoms with E-state index in [-0.39, 0.29) is 0 Å². The lowest BCUT2D eigenvalue weighted by Gasteiger charge is -2.21. The maximum absolute atomic E-state index is 5.84. The van der Waals surface area contributed by atoms with Crippen molar-refractivity contribution in [2.75, 3.05) is 11.9 Å². The molecular formula is C13H16N4S2. The minimum atomic E-state index is 0.364. The SMILES string of the molecule is Cc1nnc(N(C)Cc2cccs2)c(C(N)=S)c1C. The summed E-state index contributed by atoms with van der Waals surface area (Å²) in [4.78, 5) is 3.65. The van der Waals surface area contributed by atoms with Crippen LogP contribution in [0.3, 0.4) is 0 Å². The van der Waals surface area contributed by atoms with Gasteiger partial charge in [0.25, 0.3) is 0 Å². The lowest BCUT2D eigenvalue weighted by molar-refractivity contribution is 0.856. The van der Waals surface area contributed by atoms with E-state index < -0.39 is 0 Å². The quantitative estimate of drug-likeness (QED) is 0.877. The number of nitrogens with zero attached hydrogens (tertiary/aromatic N) is 3. The van der Waals surface area contributed by atoms with Gasteiger partial charge in [0, 0.05) is 11.9 Å². The molecule has 2 rings (SSSR count). The van der Waals surface area contributed by atoms with Crippen molar-refractivity contribution in [3.8, 4) is 0 Å². The summed E-state index contributed by atoms with van der Waals surface area (Å²) in [5, 5.41) is 10.5. The normalized spacial score (nSPS) is 10.5. The fourth-order valence-electron chi connectivity index (χ4n) is 1.87. The van der Waals surface area contributed by atoms with E-state index in [1.807, 2.05) is 31.9 Å². The van der Waals surface area contributed by atoms with Crippen molar-refractivity contribution in [1.82, 2.24) is 10.2 Å². The maximum atomic E-state index is 5.84. The molecule has 0 atom stereocenters. The van der Waals surface area contributed by atoms with Crippen molar-refractivity contribution in [2.24, 2.45) is 5.73 Å². The molecule has 0 amide bonds. The molecule has 0 saturated carbocycles. The second-order valence-electron chi connectivity index (χ2n) is 4.41. The third-order valence-corrected chi connectivity index (χ3v) is 4.08. The van der Waals surface area contributed by atoms with Crippen LogP contribution in [0.25, 0.3) is 0 Å². The van der Waals surface area contributed by atoms with E-state index in [1.54, 1.807) is 11.3 Å². The van der Waals surface area contributed by atoms with Gasteiger partial charge in [-0.3, -0.25) is 0 Å². The molecule has 0 saturated heterocycles. The van der Waals surface area contributed by atoms with Crippen LogP contribution in [0.2, 0.25) is 0 Å². The first kappa shape index (κ1) is 13.9. The summed E-state index contributed by atoms with van der Waals surface area (Å²) in [5.41, 5.74) is 8.51. The summed E-state index contributed by atoms with van der Waals surface area (Å²) in [5.74, 6) is 0.740. The Morgan fingerprint density at radius 1 is 1.42 bits per heavy atom. The topological polar surface area (TPSA) is 55.0 Å². The second-order valence-corrected chi connectivity index (χ2v) is 5.88. The number of aryl methyl sites for hydroxylation is 1. The van der Waals surface area contributed by atoms with Crippen LogP contribution < -0.4 is 10.6 Å². The molecule has 2 N–H and O–H groups in total. The largest absolute Gasteiger partial charge is 0.389 e. The van der Waals surface area contributed by atoms with Crippen LogP contribution in [0, 0.1) is 13.8 Å². The maximum Gasteiger partial charge on any atom is 0.161 e. The van der Waals surface area contributed by atoms with Gasteiger partial charge in [-0.2, -0.15) is 5.10 Å². The fourth-order valence-corrected chi connectivity index (χ4v) is 2.87. The first-order valence-electron chi connectivity index (χ1n) is 5.88. The van der Waals surface area contributed by atoms with E-state index in [2.05, 4.69) is 21.6 Å². The number of thiophene rings is 1. The smallest absolute Gasteiger partial charge is 0.161 e. The zero-order chi connectivity index (χ0) is 14.0. The van der Waals surface area contributed by atoms with Gasteiger partial charge < -0.3 is 10.6 Å². The molecule has 0 aliphatic heterocycles. The van der Waals surface area contributed by atoms with Crippen molar-refractivity contribution >= 4 is 34.4 Å². The third kappa shape index (κ3) is 2.90. The van der Waals surface area contributed by atoms with Crippen LogP contribution in [-0.4, -0.2) is 22.2 Å². The molecule has 0 aliphatic carbocycles. The summed E-state index contributed by atoms with van der Waals surface area (Å²) >= 11 is 6.86. The monoisotopic (exact) mass is 292 g/mol. The molecule has 4 nitrogen and oxygen atoms in total. The Morgan fingerprint density at radius 3 is 2.74 bits per heavy atom. The summed E-state index contributed by atoms with van der Waals surface area (Å²) < 4.78 is 0. The molecule has 100 valence electrons. The lowest BCUT2D eigenvalue weighted by Crippen LogP contribution is -2.24. The second kappa shape index (κ2) is 5.63. The number of aromatic nitrogens is 2. The molecule has 0 unspecified atom stereocenters. The van der Waals surface area contributed by atoms with Crippen molar-refractivity contribution < 1.29 is 0 Å². The van der Waals surface area contributed by atoms with Crippen LogP contribution in [-0.2, 0) is 6.54 Å². The van der Waals surface area contributed by atoms with Gasteiger partial charge in [0.15, 0.2) is 5.82 Å². The molecule has 6 heteroatoms. The van der Waals surface area contributed by atoms with Crippen LogP contribution in [0.1, 0.15) is 21.7 Å². The number of hydrogen-bond donors (Lipinski definition) is 1. The molecule has 0 fully saturated rings. The molecule has 19 heavy (non-hydrogen) atoms. The summed E-state index contributed by atoms with van der Waals surface area (Å²) in [6.45, 7) is 4.65. The number of rotatable bonds is 4. The van der Waals surface area contributed by atoms with Crippen LogP contribution in [0.5, 0.6) is 0 Å². The average Bonchev–Trinajstić information content (AvgIpc) is 2.84. The zero-order valence-corrected chi connectivity index (χ0v) is 12.8. The highest BCUT2D eigenvalue weighted by Crippen LogP contribution is 2.23. The fraction of sp³-hybridized carbons (Fsp3) is 0.308. The van der Waals surface area contributed by atoms with Gasteiger partial charge in [0.1, 0.15) is 4.99 Å². The Bertz CT molecular complexity index is 593. The van der Waals surface area contributed by atoms with Gasteiger partial charge in [-0.25, -0.2) is 0 Å². The van der Waals surface area contributed by atoms with Gasteiger partial charge >= 0.3 is 0 Å². The van der Waals surface area contributed by atoms with Gasteiger partial charge in [-0.05, 0) is 30.9 Å². The Morgan fingerprint density at radius 2 is 2.16 bits per heavy atom. The van der Waals surface area contributed by atoms with E-state index in [0.29, 0.717) is 4.99 Å². The summed E-state index contributed by atoms with van der Waals surface area (Å²) in [6, 6.07) is 4.13. The first-order valence-corrected chi connectivity index (χ1v) is 7.16. The predicted molar refractivity (Wildman–Crippen MR) is 83.8 cm³/mol. The van der Waals surface area contributed by atoms with Crippen molar-refractivity contribution in [3.05, 3.63) is 39.2 Å². The lowest BCUT2D eigenvalue weighted by atomic mass is 10.1. The summed E-state index contributed by atoms with van der Waals surface area (Å²) in [6.07, 6.45) is 0. The Labute approximate surface area is 122 Å². The molecule has 2 aromatic rings. The molecular weight excluding hydrogens is 276 g/mol. The van der Waals surface area contributed by atoms with Gasteiger partial charge in [-0.1, -0.05) is 18.3 Å². The van der Waals surface area contributed by atoms with Crippen LogP contribution >= 0.6 is 23.6 Å². The van der Waals surface area contributed by atoms with Crippen molar-refractivity contribution in [1.29, 1.82) is 0 Å². The minimum absolute atomic E-state index is 0.364. The zero-order valence-electron chi connectivity index (χ0n) is 11.2. The molecule has 0 aliphatic rings. The van der Waals surface area contributed by atoms with Crippen molar-refractivity contribution in [2.45, 2.75) is 20.4 Å². The van der Waals surface area contributed by atoms with Gasteiger partial charge in [0.2, 0.25) is 0 Å². The Balaban J connectivity index is 2.38. The highest BCUT2D eigenvalue weighted by atomic mass is 32.1. The van der Waals surface area contributed by atoms with Crippen LogP contribution in [0.4, 0.5) is 5.82 Å². The van der Waals surface area contributed by atoms with Crippen LogP contribution in [0.15, 0.2) is 17.5 Å². The molecule has 2 heterocycles.